The Kier molecular flexibility index (Phi) is 4.89. The Bertz CT molecular complexity index is 548. The van der Waals surface area contributed by atoms with Crippen molar-refractivity contribution >= 4 is 15.8 Å². The van der Waals surface area contributed by atoms with Crippen LogP contribution < -0.4 is 0 Å². The van der Waals surface area contributed by atoms with Crippen molar-refractivity contribution in [1.82, 2.24) is 0 Å². The van der Waals surface area contributed by atoms with Gasteiger partial charge in [0.15, 0.2) is 14.6 Å². The number of ether oxygens (including phenoxy) is 1. The molecule has 0 saturated carbocycles. The largest absolute Gasteiger partial charge is 0.460 e. The molecule has 1 rings (SSSR count). The molecule has 1 aromatic carbocycles. The number of carbonyl (C=O) groups excluding carboxylic acids is 1. The SMILES string of the molecule is C=CCC(C)(C(=O)OCc1ccccc1)S(C)(=O)=O. The van der Waals surface area contributed by atoms with Gasteiger partial charge in [0.05, 0.1) is 0 Å². The van der Waals surface area contributed by atoms with Gasteiger partial charge in [0.25, 0.3) is 0 Å². The average Bonchev–Trinajstić information content (AvgIpc) is 2.36. The minimum Gasteiger partial charge on any atom is -0.460 e. The van der Waals surface area contributed by atoms with E-state index in [1.807, 2.05) is 18.2 Å². The fraction of sp³-hybridized carbons (Fsp3) is 0.357. The van der Waals surface area contributed by atoms with Crippen LogP contribution >= 0.6 is 0 Å². The Hall–Kier alpha value is -1.62. The van der Waals surface area contributed by atoms with Gasteiger partial charge < -0.3 is 4.74 Å². The van der Waals surface area contributed by atoms with Gasteiger partial charge in [0, 0.05) is 6.26 Å². The molecule has 5 heteroatoms. The average molecular weight is 282 g/mol. The Morgan fingerprint density at radius 2 is 1.95 bits per heavy atom. The number of sulfone groups is 1. The van der Waals surface area contributed by atoms with E-state index < -0.39 is 20.6 Å². The molecule has 1 aromatic rings. The molecule has 0 aliphatic rings. The summed E-state index contributed by atoms with van der Waals surface area (Å²) in [5.41, 5.74) is 0.810. The molecule has 0 aliphatic heterocycles. The van der Waals surface area contributed by atoms with Crippen LogP contribution in [0.15, 0.2) is 43.0 Å². The molecule has 0 amide bonds. The summed E-state index contributed by atoms with van der Waals surface area (Å²) in [6.45, 7) is 4.90. The van der Waals surface area contributed by atoms with E-state index in [1.165, 1.54) is 13.0 Å². The van der Waals surface area contributed by atoms with E-state index in [-0.39, 0.29) is 13.0 Å². The topological polar surface area (TPSA) is 60.4 Å². The monoisotopic (exact) mass is 282 g/mol. The second kappa shape index (κ2) is 6.02. The number of esters is 1. The van der Waals surface area contributed by atoms with Gasteiger partial charge in [-0.2, -0.15) is 0 Å². The second-order valence-corrected chi connectivity index (χ2v) is 7.00. The molecular formula is C14H18O4S. The summed E-state index contributed by atoms with van der Waals surface area (Å²) >= 11 is 0. The maximum atomic E-state index is 12.0. The lowest BCUT2D eigenvalue weighted by molar-refractivity contribution is -0.147. The highest BCUT2D eigenvalue weighted by Gasteiger charge is 2.43. The smallest absolute Gasteiger partial charge is 0.327 e. The highest BCUT2D eigenvalue weighted by atomic mass is 32.2. The molecule has 1 unspecified atom stereocenters. The van der Waals surface area contributed by atoms with Gasteiger partial charge in [-0.15, -0.1) is 6.58 Å². The van der Waals surface area contributed by atoms with Crippen molar-refractivity contribution in [2.45, 2.75) is 24.7 Å². The molecule has 0 saturated heterocycles. The van der Waals surface area contributed by atoms with Crippen LogP contribution in [0.25, 0.3) is 0 Å². The molecule has 0 N–H and O–H groups in total. The summed E-state index contributed by atoms with van der Waals surface area (Å²) in [4.78, 5) is 12.0. The van der Waals surface area contributed by atoms with Crippen LogP contribution in [-0.4, -0.2) is 25.4 Å². The first-order valence-electron chi connectivity index (χ1n) is 5.83. The predicted molar refractivity (Wildman–Crippen MR) is 74.3 cm³/mol. The zero-order valence-corrected chi connectivity index (χ0v) is 11.9. The number of hydrogen-bond donors (Lipinski definition) is 0. The number of allylic oxidation sites excluding steroid dienone is 1. The van der Waals surface area contributed by atoms with E-state index in [2.05, 4.69) is 6.58 Å². The van der Waals surface area contributed by atoms with Crippen molar-refractivity contribution in [2.75, 3.05) is 6.26 Å². The summed E-state index contributed by atoms with van der Waals surface area (Å²) in [5.74, 6) is -0.751. The molecule has 0 radical (unpaired) electrons. The summed E-state index contributed by atoms with van der Waals surface area (Å²) in [7, 11) is -3.58. The maximum absolute atomic E-state index is 12.0. The molecule has 0 spiro atoms. The molecule has 1 atom stereocenters. The number of rotatable bonds is 6. The third-order valence-electron chi connectivity index (χ3n) is 3.00. The van der Waals surface area contributed by atoms with E-state index in [0.717, 1.165) is 11.8 Å². The molecule has 0 heterocycles. The lowest BCUT2D eigenvalue weighted by atomic mass is 10.1. The molecule has 0 fully saturated rings. The maximum Gasteiger partial charge on any atom is 0.327 e. The van der Waals surface area contributed by atoms with Crippen LogP contribution in [-0.2, 0) is 26.0 Å². The normalized spacial score (nSPS) is 14.4. The summed E-state index contributed by atoms with van der Waals surface area (Å²) < 4.78 is 27.0. The van der Waals surface area contributed by atoms with Crippen LogP contribution in [0.4, 0.5) is 0 Å². The van der Waals surface area contributed by atoms with Crippen LogP contribution in [0, 0.1) is 0 Å². The van der Waals surface area contributed by atoms with Crippen LogP contribution in [0.1, 0.15) is 18.9 Å². The summed E-state index contributed by atoms with van der Waals surface area (Å²) in [6.07, 6.45) is 2.46. The van der Waals surface area contributed by atoms with Crippen molar-refractivity contribution < 1.29 is 17.9 Å². The lowest BCUT2D eigenvalue weighted by Gasteiger charge is -2.24. The molecule has 19 heavy (non-hydrogen) atoms. The Morgan fingerprint density at radius 1 is 1.37 bits per heavy atom. The van der Waals surface area contributed by atoms with Crippen molar-refractivity contribution in [3.05, 3.63) is 48.6 Å². The predicted octanol–water partition coefficient (Wildman–Crippen LogP) is 2.11. The van der Waals surface area contributed by atoms with Gasteiger partial charge in [-0.3, -0.25) is 4.79 Å². The molecule has 0 aromatic heterocycles. The van der Waals surface area contributed by atoms with Gasteiger partial charge >= 0.3 is 5.97 Å². The first-order valence-corrected chi connectivity index (χ1v) is 7.72. The lowest BCUT2D eigenvalue weighted by Crippen LogP contribution is -2.43. The fourth-order valence-corrected chi connectivity index (χ4v) is 2.32. The quantitative estimate of drug-likeness (QED) is 0.592. The van der Waals surface area contributed by atoms with E-state index in [1.54, 1.807) is 12.1 Å². The minimum absolute atomic E-state index is 0.0272. The number of carbonyl (C=O) groups is 1. The van der Waals surface area contributed by atoms with Crippen molar-refractivity contribution in [3.63, 3.8) is 0 Å². The van der Waals surface area contributed by atoms with Crippen LogP contribution in [0.3, 0.4) is 0 Å². The summed E-state index contributed by atoms with van der Waals surface area (Å²) in [6, 6.07) is 9.10. The van der Waals surface area contributed by atoms with E-state index in [4.69, 9.17) is 4.74 Å². The van der Waals surface area contributed by atoms with E-state index in [0.29, 0.717) is 0 Å². The molecule has 4 nitrogen and oxygen atoms in total. The van der Waals surface area contributed by atoms with Gasteiger partial charge in [-0.25, -0.2) is 8.42 Å². The zero-order chi connectivity index (χ0) is 14.5. The van der Waals surface area contributed by atoms with Gasteiger partial charge in [-0.1, -0.05) is 36.4 Å². The Balaban J connectivity index is 2.82. The van der Waals surface area contributed by atoms with E-state index >= 15 is 0 Å². The van der Waals surface area contributed by atoms with E-state index in [9.17, 15) is 13.2 Å². The van der Waals surface area contributed by atoms with Crippen molar-refractivity contribution in [1.29, 1.82) is 0 Å². The summed E-state index contributed by atoms with van der Waals surface area (Å²) in [5, 5.41) is 0. The number of benzene rings is 1. The van der Waals surface area contributed by atoms with Gasteiger partial charge in [0.1, 0.15) is 6.61 Å². The van der Waals surface area contributed by atoms with Crippen LogP contribution in [0.5, 0.6) is 0 Å². The van der Waals surface area contributed by atoms with Crippen molar-refractivity contribution in [3.8, 4) is 0 Å². The van der Waals surface area contributed by atoms with Gasteiger partial charge in [-0.05, 0) is 18.9 Å². The van der Waals surface area contributed by atoms with Crippen LogP contribution in [0.2, 0.25) is 0 Å². The highest BCUT2D eigenvalue weighted by molar-refractivity contribution is 7.92. The first kappa shape index (κ1) is 15.4. The fourth-order valence-electron chi connectivity index (χ4n) is 1.54. The molecule has 0 bridgehead atoms. The Labute approximate surface area is 114 Å². The Morgan fingerprint density at radius 3 is 2.42 bits per heavy atom. The molecular weight excluding hydrogens is 264 g/mol. The second-order valence-electron chi connectivity index (χ2n) is 4.56. The molecule has 0 aliphatic carbocycles. The first-order chi connectivity index (χ1) is 8.81. The van der Waals surface area contributed by atoms with Gasteiger partial charge in [0.2, 0.25) is 0 Å². The minimum atomic E-state index is -3.58. The zero-order valence-electron chi connectivity index (χ0n) is 11.1. The highest BCUT2D eigenvalue weighted by Crippen LogP contribution is 2.23. The number of hydrogen-bond acceptors (Lipinski definition) is 4. The third kappa shape index (κ3) is 3.67. The molecule has 104 valence electrons. The van der Waals surface area contributed by atoms with Crippen molar-refractivity contribution in [2.24, 2.45) is 0 Å². The third-order valence-corrected chi connectivity index (χ3v) is 4.97. The standard InChI is InChI=1S/C14H18O4S/c1-4-10-14(2,19(3,16)17)13(15)18-11-12-8-6-5-7-9-12/h4-9H,1,10-11H2,2-3H3.